The third-order valence-electron chi connectivity index (χ3n) is 4.43. The average molecular weight is 430 g/mol. The summed E-state index contributed by atoms with van der Waals surface area (Å²) in [6.07, 6.45) is -0.246. The van der Waals surface area contributed by atoms with Crippen LogP contribution < -0.4 is 25.2 Å². The van der Waals surface area contributed by atoms with Gasteiger partial charge in [-0.2, -0.15) is 0 Å². The van der Waals surface area contributed by atoms with E-state index in [4.69, 9.17) is 9.47 Å². The van der Waals surface area contributed by atoms with Crippen LogP contribution in [0.5, 0.6) is 11.5 Å². The van der Waals surface area contributed by atoms with Crippen LogP contribution in [0.15, 0.2) is 48.5 Å². The molecule has 168 valence electrons. The molecule has 1 atom stereocenters. The molecule has 2 amide bonds. The first-order chi connectivity index (χ1) is 14.7. The molecule has 8 heteroatoms. The first-order valence-corrected chi connectivity index (χ1v) is 10.0. The van der Waals surface area contributed by atoms with E-state index in [1.807, 2.05) is 57.5 Å². The Bertz CT molecular complexity index is 865. The van der Waals surface area contributed by atoms with Crippen LogP contribution in [0.4, 0.5) is 4.79 Å². The Morgan fingerprint density at radius 2 is 1.74 bits per heavy atom. The van der Waals surface area contributed by atoms with Crippen molar-refractivity contribution in [3.8, 4) is 11.5 Å². The Hall–Kier alpha value is -3.26. The molecule has 2 N–H and O–H groups in total. The zero-order valence-corrected chi connectivity index (χ0v) is 18.5. The Morgan fingerprint density at radius 3 is 2.35 bits per heavy atom. The largest absolute Gasteiger partial charge is 0.550 e. The van der Waals surface area contributed by atoms with Gasteiger partial charge in [0, 0.05) is 18.9 Å². The van der Waals surface area contributed by atoms with Gasteiger partial charge in [-0.3, -0.25) is 0 Å². The molecular weight excluding hydrogens is 398 g/mol. The maximum atomic E-state index is 12.3. The second-order valence-corrected chi connectivity index (χ2v) is 8.33. The number of aliphatic carboxylic acids is 1. The van der Waals surface area contributed by atoms with Gasteiger partial charge in [0.2, 0.25) is 0 Å². The van der Waals surface area contributed by atoms with Crippen molar-refractivity contribution in [2.24, 2.45) is 0 Å². The smallest absolute Gasteiger partial charge is 0.315 e. The van der Waals surface area contributed by atoms with E-state index in [0.29, 0.717) is 29.1 Å². The van der Waals surface area contributed by atoms with Crippen molar-refractivity contribution in [2.75, 3.05) is 34.8 Å². The second kappa shape index (κ2) is 11.2. The number of benzene rings is 2. The number of quaternary nitrogens is 1. The minimum atomic E-state index is -1.20. The highest BCUT2D eigenvalue weighted by Gasteiger charge is 2.20. The van der Waals surface area contributed by atoms with E-state index < -0.39 is 18.0 Å². The molecule has 2 aromatic carbocycles. The molecule has 0 heterocycles. The lowest BCUT2D eigenvalue weighted by molar-refractivity contribution is -0.871. The minimum absolute atomic E-state index is 0.246. The number of carbonyl (C=O) groups excluding carboxylic acids is 2. The first-order valence-electron chi connectivity index (χ1n) is 10.0. The molecule has 2 rings (SSSR count). The fraction of sp³-hybridized carbons (Fsp3) is 0.391. The number of urea groups is 1. The fourth-order valence-corrected chi connectivity index (χ4v) is 3.12. The SMILES string of the molecule is COc1cc(CNC(=O)N[C@H](CC(=O)[O-])C[N+](C)(C)C)ccc1OCc1ccccc1. The van der Waals surface area contributed by atoms with Crippen LogP contribution in [-0.4, -0.2) is 57.3 Å². The number of carboxylic acids is 1. The summed E-state index contributed by atoms with van der Waals surface area (Å²) in [5.41, 5.74) is 1.87. The van der Waals surface area contributed by atoms with Gasteiger partial charge in [-0.15, -0.1) is 0 Å². The number of nitrogens with one attached hydrogen (secondary N) is 2. The van der Waals surface area contributed by atoms with E-state index in [9.17, 15) is 14.7 Å². The fourth-order valence-electron chi connectivity index (χ4n) is 3.12. The molecule has 0 bridgehead atoms. The van der Waals surface area contributed by atoms with E-state index in [2.05, 4.69) is 10.6 Å². The lowest BCUT2D eigenvalue weighted by atomic mass is 10.2. The molecule has 0 radical (unpaired) electrons. The van der Waals surface area contributed by atoms with Gasteiger partial charge in [-0.1, -0.05) is 36.4 Å². The quantitative estimate of drug-likeness (QED) is 0.525. The van der Waals surface area contributed by atoms with Crippen molar-refractivity contribution < 1.29 is 28.7 Å². The summed E-state index contributed by atoms with van der Waals surface area (Å²) >= 11 is 0. The highest BCUT2D eigenvalue weighted by molar-refractivity contribution is 5.75. The van der Waals surface area contributed by atoms with Gasteiger partial charge in [-0.05, 0) is 23.3 Å². The van der Waals surface area contributed by atoms with E-state index in [1.165, 1.54) is 0 Å². The number of likely N-dealkylation sites (N-methyl/N-ethyl adjacent to an activating group) is 1. The molecule has 31 heavy (non-hydrogen) atoms. The molecule has 0 aliphatic carbocycles. The standard InChI is InChI=1S/C23H31N3O5/c1-26(2,3)15-19(13-22(27)28)25-23(29)24-14-18-10-11-20(21(12-18)30-4)31-16-17-8-6-5-7-9-17/h5-12,19H,13-16H2,1-4H3,(H2-,24,25,27,28,29)/t19-/m1/s1. The molecule has 0 saturated heterocycles. The lowest BCUT2D eigenvalue weighted by Crippen LogP contribution is -2.52. The topological polar surface area (TPSA) is 99.7 Å². The van der Waals surface area contributed by atoms with Crippen LogP contribution in [0, 0.1) is 0 Å². The maximum absolute atomic E-state index is 12.3. The van der Waals surface area contributed by atoms with Gasteiger partial charge in [-0.25, -0.2) is 4.79 Å². The van der Waals surface area contributed by atoms with Gasteiger partial charge in [0.15, 0.2) is 11.5 Å². The molecule has 0 aromatic heterocycles. The molecule has 0 unspecified atom stereocenters. The lowest BCUT2D eigenvalue weighted by Gasteiger charge is -2.30. The molecule has 8 nitrogen and oxygen atoms in total. The summed E-state index contributed by atoms with van der Waals surface area (Å²) < 4.78 is 11.8. The van der Waals surface area contributed by atoms with Crippen LogP contribution in [0.3, 0.4) is 0 Å². The molecule has 0 fully saturated rings. The first kappa shape index (κ1) is 24.0. The summed E-state index contributed by atoms with van der Waals surface area (Å²) in [7, 11) is 7.34. The third kappa shape index (κ3) is 8.96. The Labute approximate surface area is 183 Å². The van der Waals surface area contributed by atoms with Crippen molar-refractivity contribution in [3.63, 3.8) is 0 Å². The molecular formula is C23H31N3O5. The van der Waals surface area contributed by atoms with Gasteiger partial charge in [0.05, 0.1) is 40.8 Å². The number of hydrogen-bond acceptors (Lipinski definition) is 5. The number of carboxylic acid groups (broad SMARTS) is 1. The molecule has 2 aromatic rings. The van der Waals surface area contributed by atoms with Gasteiger partial charge >= 0.3 is 6.03 Å². The zero-order valence-electron chi connectivity index (χ0n) is 18.5. The summed E-state index contributed by atoms with van der Waals surface area (Å²) in [6, 6.07) is 14.3. The summed E-state index contributed by atoms with van der Waals surface area (Å²) in [6.45, 7) is 1.13. The zero-order chi connectivity index (χ0) is 22.9. The van der Waals surface area contributed by atoms with Crippen LogP contribution in [0.2, 0.25) is 0 Å². The number of rotatable bonds is 11. The Morgan fingerprint density at radius 1 is 1.03 bits per heavy atom. The van der Waals surface area contributed by atoms with E-state index >= 15 is 0 Å². The molecule has 0 saturated carbocycles. The highest BCUT2D eigenvalue weighted by Crippen LogP contribution is 2.28. The maximum Gasteiger partial charge on any atom is 0.315 e. The number of carbonyl (C=O) groups is 2. The number of hydrogen-bond donors (Lipinski definition) is 2. The van der Waals surface area contributed by atoms with Gasteiger partial charge < -0.3 is 34.5 Å². The monoisotopic (exact) mass is 429 g/mol. The summed E-state index contributed by atoms with van der Waals surface area (Å²) in [5.74, 6) is -0.0263. The number of nitrogens with zero attached hydrogens (tertiary/aromatic N) is 1. The normalized spacial score (nSPS) is 12.0. The van der Waals surface area contributed by atoms with Crippen molar-refractivity contribution in [1.82, 2.24) is 10.6 Å². The molecule has 0 aliphatic rings. The minimum Gasteiger partial charge on any atom is -0.550 e. The third-order valence-corrected chi connectivity index (χ3v) is 4.43. The van der Waals surface area contributed by atoms with Crippen molar-refractivity contribution >= 4 is 12.0 Å². The van der Waals surface area contributed by atoms with E-state index in [-0.39, 0.29) is 13.0 Å². The van der Waals surface area contributed by atoms with Crippen LogP contribution in [0.1, 0.15) is 17.5 Å². The summed E-state index contributed by atoms with van der Waals surface area (Å²) in [5, 5.41) is 16.4. The van der Waals surface area contributed by atoms with Crippen molar-refractivity contribution in [1.29, 1.82) is 0 Å². The Balaban J connectivity index is 1.93. The van der Waals surface area contributed by atoms with Crippen molar-refractivity contribution in [2.45, 2.75) is 25.6 Å². The van der Waals surface area contributed by atoms with Crippen molar-refractivity contribution in [3.05, 3.63) is 59.7 Å². The predicted octanol–water partition coefficient (Wildman–Crippen LogP) is 1.29. The molecule has 0 spiro atoms. The average Bonchev–Trinajstić information content (AvgIpc) is 2.70. The second-order valence-electron chi connectivity index (χ2n) is 8.33. The highest BCUT2D eigenvalue weighted by atomic mass is 16.5. The number of methoxy groups -OCH3 is 1. The van der Waals surface area contributed by atoms with E-state index in [0.717, 1.165) is 11.1 Å². The Kier molecular flexibility index (Phi) is 8.69. The van der Waals surface area contributed by atoms with Crippen LogP contribution in [-0.2, 0) is 17.9 Å². The molecule has 0 aliphatic heterocycles. The number of ether oxygens (including phenoxy) is 2. The van der Waals surface area contributed by atoms with Gasteiger partial charge in [0.25, 0.3) is 0 Å². The van der Waals surface area contributed by atoms with Crippen LogP contribution >= 0.6 is 0 Å². The van der Waals surface area contributed by atoms with E-state index in [1.54, 1.807) is 19.2 Å². The summed E-state index contributed by atoms with van der Waals surface area (Å²) in [4.78, 5) is 23.3. The number of amides is 2. The predicted molar refractivity (Wildman–Crippen MR) is 115 cm³/mol. The van der Waals surface area contributed by atoms with Crippen LogP contribution in [0.25, 0.3) is 0 Å². The van der Waals surface area contributed by atoms with Gasteiger partial charge in [0.1, 0.15) is 6.61 Å².